The van der Waals surface area contributed by atoms with Crippen molar-refractivity contribution in [3.63, 3.8) is 0 Å². The van der Waals surface area contributed by atoms with Gasteiger partial charge in [-0.05, 0) is 69.2 Å². The molecule has 1 saturated carbocycles. The fraction of sp³-hybridized carbons (Fsp3) is 0.542. The SMILES string of the molecule is O=C1N(C2CCC(O)CC2)CCC12CCCN(c1ccc(-c3ccc(F)nc3)cn1)C2. The first kappa shape index (κ1) is 20.4. The molecule has 5 rings (SSSR count). The second-order valence-corrected chi connectivity index (χ2v) is 9.29. The molecule has 164 valence electrons. The Balaban J connectivity index is 1.29. The maximum absolute atomic E-state index is 13.5. The Morgan fingerprint density at radius 3 is 2.39 bits per heavy atom. The third kappa shape index (κ3) is 3.91. The molecule has 1 amide bonds. The number of likely N-dealkylation sites (tertiary alicyclic amines) is 1. The van der Waals surface area contributed by atoms with Crippen LogP contribution in [0.2, 0.25) is 0 Å². The van der Waals surface area contributed by atoms with Gasteiger partial charge in [0.25, 0.3) is 0 Å². The first-order valence-electron chi connectivity index (χ1n) is 11.4. The highest BCUT2D eigenvalue weighted by Gasteiger charge is 2.50. The van der Waals surface area contributed by atoms with Crippen molar-refractivity contribution in [1.29, 1.82) is 0 Å². The Hall–Kier alpha value is -2.54. The molecule has 0 bridgehead atoms. The van der Waals surface area contributed by atoms with E-state index in [-0.39, 0.29) is 17.6 Å². The summed E-state index contributed by atoms with van der Waals surface area (Å²) in [6.45, 7) is 2.44. The summed E-state index contributed by atoms with van der Waals surface area (Å²) < 4.78 is 13.1. The Morgan fingerprint density at radius 2 is 1.71 bits per heavy atom. The summed E-state index contributed by atoms with van der Waals surface area (Å²) in [5.74, 6) is 0.684. The van der Waals surface area contributed by atoms with Crippen molar-refractivity contribution in [2.45, 2.75) is 57.1 Å². The van der Waals surface area contributed by atoms with Gasteiger partial charge in [-0.3, -0.25) is 4.79 Å². The van der Waals surface area contributed by atoms with Gasteiger partial charge in [-0.1, -0.05) is 0 Å². The second kappa shape index (κ2) is 8.19. The zero-order valence-corrected chi connectivity index (χ0v) is 17.7. The molecule has 1 spiro atoms. The van der Waals surface area contributed by atoms with E-state index >= 15 is 0 Å². The summed E-state index contributed by atoms with van der Waals surface area (Å²) >= 11 is 0. The molecule has 3 aliphatic rings. The zero-order valence-electron chi connectivity index (χ0n) is 17.7. The molecule has 3 fully saturated rings. The van der Waals surface area contributed by atoms with E-state index < -0.39 is 5.95 Å². The fourth-order valence-electron chi connectivity index (χ4n) is 5.56. The molecule has 1 N–H and O–H groups in total. The Labute approximate surface area is 182 Å². The van der Waals surface area contributed by atoms with Gasteiger partial charge in [-0.2, -0.15) is 4.39 Å². The average Bonchev–Trinajstić information content (AvgIpc) is 3.10. The number of carbonyl (C=O) groups is 1. The predicted molar refractivity (Wildman–Crippen MR) is 116 cm³/mol. The molecule has 2 aromatic heterocycles. The van der Waals surface area contributed by atoms with E-state index in [1.807, 2.05) is 12.1 Å². The van der Waals surface area contributed by atoms with Crippen LogP contribution in [-0.2, 0) is 4.79 Å². The van der Waals surface area contributed by atoms with E-state index in [0.29, 0.717) is 12.5 Å². The van der Waals surface area contributed by atoms with Gasteiger partial charge in [-0.15, -0.1) is 0 Å². The van der Waals surface area contributed by atoms with Crippen LogP contribution < -0.4 is 4.90 Å². The standard InChI is InChI=1S/C24H29FN4O2/c25-21-8-2-17(14-26-21)18-3-9-22(27-15-18)28-12-1-10-24(16-28)11-13-29(23(24)31)19-4-6-20(30)7-5-19/h2-3,8-9,14-15,19-20,30H,1,4-7,10-13,16H2. The summed E-state index contributed by atoms with van der Waals surface area (Å²) in [6.07, 6.45) is 9.35. The molecule has 31 heavy (non-hydrogen) atoms. The number of anilines is 1. The number of piperidine rings is 1. The lowest BCUT2D eigenvalue weighted by Crippen LogP contribution is -2.50. The van der Waals surface area contributed by atoms with Gasteiger partial charge in [0.2, 0.25) is 11.9 Å². The van der Waals surface area contributed by atoms with Gasteiger partial charge in [0.05, 0.1) is 11.5 Å². The number of nitrogens with zero attached hydrogens (tertiary/aromatic N) is 4. The number of hydrogen-bond donors (Lipinski definition) is 1. The molecule has 1 atom stereocenters. The first-order chi connectivity index (χ1) is 15.0. The molecule has 2 saturated heterocycles. The third-order valence-corrected chi connectivity index (χ3v) is 7.36. The normalized spacial score (nSPS) is 29.0. The Bertz CT molecular complexity index is 928. The number of carbonyl (C=O) groups excluding carboxylic acids is 1. The zero-order chi connectivity index (χ0) is 21.4. The van der Waals surface area contributed by atoms with Crippen molar-refractivity contribution in [3.8, 4) is 11.1 Å². The van der Waals surface area contributed by atoms with Crippen LogP contribution in [0, 0.1) is 11.4 Å². The van der Waals surface area contributed by atoms with Crippen molar-refractivity contribution in [2.75, 3.05) is 24.5 Å². The number of aromatic nitrogens is 2. The minimum absolute atomic E-state index is 0.201. The number of pyridine rings is 2. The van der Waals surface area contributed by atoms with Gasteiger partial charge in [-0.25, -0.2) is 9.97 Å². The summed E-state index contributed by atoms with van der Waals surface area (Å²) in [5.41, 5.74) is 1.41. The quantitative estimate of drug-likeness (QED) is 0.765. The van der Waals surface area contributed by atoms with Crippen LogP contribution in [0.25, 0.3) is 11.1 Å². The molecular formula is C24H29FN4O2. The number of rotatable bonds is 3. The van der Waals surface area contributed by atoms with Crippen molar-refractivity contribution >= 4 is 11.7 Å². The topological polar surface area (TPSA) is 69.6 Å². The number of hydrogen-bond acceptors (Lipinski definition) is 5. The highest BCUT2D eigenvalue weighted by molar-refractivity contribution is 5.86. The fourth-order valence-corrected chi connectivity index (χ4v) is 5.56. The number of aliphatic hydroxyl groups is 1. The molecule has 1 aliphatic carbocycles. The number of halogens is 1. The number of aliphatic hydroxyl groups excluding tert-OH is 1. The summed E-state index contributed by atoms with van der Waals surface area (Å²) in [5, 5.41) is 9.81. The molecule has 0 aromatic carbocycles. The molecule has 7 heteroatoms. The largest absolute Gasteiger partial charge is 0.393 e. The van der Waals surface area contributed by atoms with Crippen molar-refractivity contribution in [3.05, 3.63) is 42.6 Å². The van der Waals surface area contributed by atoms with Gasteiger partial charge in [0.15, 0.2) is 0 Å². The highest BCUT2D eigenvalue weighted by Crippen LogP contribution is 2.43. The molecule has 1 unspecified atom stereocenters. The molecule has 0 radical (unpaired) electrons. The molecule has 6 nitrogen and oxygen atoms in total. The minimum atomic E-state index is -0.494. The maximum atomic E-state index is 13.5. The second-order valence-electron chi connectivity index (χ2n) is 9.29. The van der Waals surface area contributed by atoms with Crippen molar-refractivity contribution < 1.29 is 14.3 Å². The minimum Gasteiger partial charge on any atom is -0.393 e. The maximum Gasteiger partial charge on any atom is 0.230 e. The molecule has 2 aromatic rings. The van der Waals surface area contributed by atoms with E-state index in [1.54, 1.807) is 12.3 Å². The Morgan fingerprint density at radius 1 is 0.968 bits per heavy atom. The van der Waals surface area contributed by atoms with E-state index in [4.69, 9.17) is 0 Å². The van der Waals surface area contributed by atoms with E-state index in [1.165, 1.54) is 12.3 Å². The van der Waals surface area contributed by atoms with E-state index in [0.717, 1.165) is 75.0 Å². The van der Waals surface area contributed by atoms with Gasteiger partial charge >= 0.3 is 0 Å². The van der Waals surface area contributed by atoms with Gasteiger partial charge in [0.1, 0.15) is 5.82 Å². The lowest BCUT2D eigenvalue weighted by molar-refractivity contribution is -0.139. The van der Waals surface area contributed by atoms with Crippen LogP contribution in [0.3, 0.4) is 0 Å². The van der Waals surface area contributed by atoms with Crippen molar-refractivity contribution in [1.82, 2.24) is 14.9 Å². The van der Waals surface area contributed by atoms with Crippen LogP contribution in [0.15, 0.2) is 36.7 Å². The summed E-state index contributed by atoms with van der Waals surface area (Å²) in [7, 11) is 0. The van der Waals surface area contributed by atoms with Gasteiger partial charge < -0.3 is 14.9 Å². The molecule has 4 heterocycles. The molecule has 2 aliphatic heterocycles. The lowest BCUT2D eigenvalue weighted by Gasteiger charge is -2.41. The van der Waals surface area contributed by atoms with Crippen LogP contribution in [-0.4, -0.2) is 57.7 Å². The van der Waals surface area contributed by atoms with Crippen LogP contribution in [0.1, 0.15) is 44.9 Å². The van der Waals surface area contributed by atoms with Crippen LogP contribution in [0.5, 0.6) is 0 Å². The van der Waals surface area contributed by atoms with Crippen molar-refractivity contribution in [2.24, 2.45) is 5.41 Å². The van der Waals surface area contributed by atoms with E-state index in [2.05, 4.69) is 19.8 Å². The molecular weight excluding hydrogens is 395 g/mol. The summed E-state index contributed by atoms with van der Waals surface area (Å²) in [4.78, 5) is 26.2. The highest BCUT2D eigenvalue weighted by atomic mass is 19.1. The van der Waals surface area contributed by atoms with Gasteiger partial charge in [0, 0.05) is 49.2 Å². The lowest BCUT2D eigenvalue weighted by atomic mass is 9.78. The summed E-state index contributed by atoms with van der Waals surface area (Å²) in [6, 6.07) is 7.30. The van der Waals surface area contributed by atoms with Crippen LogP contribution in [0.4, 0.5) is 10.2 Å². The smallest absolute Gasteiger partial charge is 0.230 e. The predicted octanol–water partition coefficient (Wildman–Crippen LogP) is 3.41. The number of amides is 1. The monoisotopic (exact) mass is 424 g/mol. The van der Waals surface area contributed by atoms with Crippen LogP contribution >= 0.6 is 0 Å². The average molecular weight is 425 g/mol. The third-order valence-electron chi connectivity index (χ3n) is 7.36. The first-order valence-corrected chi connectivity index (χ1v) is 11.4. The van der Waals surface area contributed by atoms with E-state index in [9.17, 15) is 14.3 Å². The Kier molecular flexibility index (Phi) is 5.38.